The van der Waals surface area contributed by atoms with Gasteiger partial charge in [0.2, 0.25) is 0 Å². The van der Waals surface area contributed by atoms with Crippen LogP contribution < -0.4 is 0 Å². The summed E-state index contributed by atoms with van der Waals surface area (Å²) in [4.78, 5) is 10.2. The number of nitro benzene ring substituents is 1. The average molecular weight is 235 g/mol. The lowest BCUT2D eigenvalue weighted by molar-refractivity contribution is -0.384. The van der Waals surface area contributed by atoms with Gasteiger partial charge >= 0.3 is 0 Å². The Balaban J connectivity index is 2.15. The number of ether oxygens (including phenoxy) is 2. The molecule has 0 aliphatic carbocycles. The molecule has 0 bridgehead atoms. The van der Waals surface area contributed by atoms with E-state index >= 15 is 0 Å². The molecule has 0 N–H and O–H groups in total. The first kappa shape index (κ1) is 11.8. The van der Waals surface area contributed by atoms with Crippen molar-refractivity contribution in [1.82, 2.24) is 0 Å². The van der Waals surface area contributed by atoms with E-state index in [-0.39, 0.29) is 5.69 Å². The van der Waals surface area contributed by atoms with Gasteiger partial charge in [-0.15, -0.1) is 0 Å². The molecule has 0 saturated carbocycles. The minimum absolute atomic E-state index is 0.0746. The quantitative estimate of drug-likeness (QED) is 0.596. The molecular formula is C12H13NO4. The van der Waals surface area contributed by atoms with Gasteiger partial charge in [0.1, 0.15) is 0 Å². The highest BCUT2D eigenvalue weighted by molar-refractivity contribution is 5.54. The van der Waals surface area contributed by atoms with Gasteiger partial charge in [0.05, 0.1) is 18.1 Å². The van der Waals surface area contributed by atoms with E-state index in [1.165, 1.54) is 12.1 Å². The zero-order valence-corrected chi connectivity index (χ0v) is 9.46. The molecule has 1 aliphatic rings. The molecule has 0 spiro atoms. The van der Waals surface area contributed by atoms with E-state index in [1.807, 2.05) is 6.92 Å². The van der Waals surface area contributed by atoms with Crippen molar-refractivity contribution in [2.24, 2.45) is 0 Å². The van der Waals surface area contributed by atoms with Crippen molar-refractivity contribution in [2.75, 3.05) is 13.2 Å². The van der Waals surface area contributed by atoms with Crippen LogP contribution >= 0.6 is 0 Å². The second-order valence-electron chi connectivity index (χ2n) is 3.90. The third kappa shape index (κ3) is 2.89. The first-order valence-corrected chi connectivity index (χ1v) is 5.31. The molecule has 1 aromatic carbocycles. The summed E-state index contributed by atoms with van der Waals surface area (Å²) >= 11 is 0. The monoisotopic (exact) mass is 235 g/mol. The Morgan fingerprint density at radius 2 is 2.12 bits per heavy atom. The van der Waals surface area contributed by atoms with Crippen LogP contribution in [0, 0.1) is 10.1 Å². The van der Waals surface area contributed by atoms with Crippen LogP contribution in [-0.4, -0.2) is 23.9 Å². The van der Waals surface area contributed by atoms with Crippen LogP contribution in [0.2, 0.25) is 0 Å². The van der Waals surface area contributed by atoms with Crippen molar-refractivity contribution in [2.45, 2.75) is 12.7 Å². The molecule has 5 heteroatoms. The molecule has 2 rings (SSSR count). The first-order valence-electron chi connectivity index (χ1n) is 5.31. The molecular weight excluding hydrogens is 222 g/mol. The largest absolute Gasteiger partial charge is 0.344 e. The van der Waals surface area contributed by atoms with Gasteiger partial charge in [0.15, 0.2) is 5.79 Å². The fourth-order valence-electron chi connectivity index (χ4n) is 1.62. The van der Waals surface area contributed by atoms with Crippen LogP contribution in [0.1, 0.15) is 12.5 Å². The summed E-state index contributed by atoms with van der Waals surface area (Å²) in [7, 11) is 0. The van der Waals surface area contributed by atoms with Crippen LogP contribution in [0.3, 0.4) is 0 Å². The normalized spacial score (nSPS) is 18.6. The second-order valence-corrected chi connectivity index (χ2v) is 3.90. The van der Waals surface area contributed by atoms with Gasteiger partial charge in [-0.3, -0.25) is 10.1 Å². The van der Waals surface area contributed by atoms with Gasteiger partial charge in [-0.25, -0.2) is 0 Å². The maximum absolute atomic E-state index is 10.6. The Bertz CT molecular complexity index is 450. The standard InChI is InChI=1S/C12H13NO4/c1-12(16-7-8-17-12)6-5-10-3-2-4-11(9-10)13(14)15/h2-6,9H,7-8H2,1H3/b6-5+. The zero-order valence-electron chi connectivity index (χ0n) is 9.46. The summed E-state index contributed by atoms with van der Waals surface area (Å²) in [6.07, 6.45) is 3.53. The Kier molecular flexibility index (Phi) is 3.21. The van der Waals surface area contributed by atoms with E-state index in [1.54, 1.807) is 24.3 Å². The molecule has 90 valence electrons. The van der Waals surface area contributed by atoms with Crippen LogP contribution in [0.5, 0.6) is 0 Å². The fourth-order valence-corrected chi connectivity index (χ4v) is 1.62. The van der Waals surface area contributed by atoms with Crippen molar-refractivity contribution < 1.29 is 14.4 Å². The molecule has 0 atom stereocenters. The van der Waals surface area contributed by atoms with E-state index in [0.29, 0.717) is 13.2 Å². The van der Waals surface area contributed by atoms with Crippen molar-refractivity contribution in [3.8, 4) is 0 Å². The van der Waals surface area contributed by atoms with E-state index in [2.05, 4.69) is 0 Å². The highest BCUT2D eigenvalue weighted by atomic mass is 16.7. The lowest BCUT2D eigenvalue weighted by Gasteiger charge is -2.16. The molecule has 5 nitrogen and oxygen atoms in total. The summed E-state index contributed by atoms with van der Waals surface area (Å²) in [6.45, 7) is 2.94. The predicted molar refractivity (Wildman–Crippen MR) is 62.4 cm³/mol. The fraction of sp³-hybridized carbons (Fsp3) is 0.333. The lowest BCUT2D eigenvalue weighted by atomic mass is 10.1. The lowest BCUT2D eigenvalue weighted by Crippen LogP contribution is -2.21. The molecule has 0 radical (unpaired) electrons. The average Bonchev–Trinajstić information content (AvgIpc) is 2.75. The third-order valence-electron chi connectivity index (χ3n) is 2.52. The van der Waals surface area contributed by atoms with Crippen LogP contribution in [0.4, 0.5) is 5.69 Å². The minimum atomic E-state index is -0.718. The van der Waals surface area contributed by atoms with Crippen LogP contribution in [0.15, 0.2) is 30.3 Å². The third-order valence-corrected chi connectivity index (χ3v) is 2.52. The number of hydrogen-bond acceptors (Lipinski definition) is 4. The van der Waals surface area contributed by atoms with E-state index in [9.17, 15) is 10.1 Å². The number of nitro groups is 1. The predicted octanol–water partition coefficient (Wildman–Crippen LogP) is 2.37. The SMILES string of the molecule is CC1(/C=C/c2cccc([N+](=O)[O-])c2)OCCO1. The highest BCUT2D eigenvalue weighted by Gasteiger charge is 2.27. The smallest absolute Gasteiger partial charge is 0.270 e. The maximum atomic E-state index is 10.6. The van der Waals surface area contributed by atoms with Crippen molar-refractivity contribution in [3.05, 3.63) is 46.0 Å². The van der Waals surface area contributed by atoms with Gasteiger partial charge < -0.3 is 9.47 Å². The Morgan fingerprint density at radius 3 is 2.76 bits per heavy atom. The molecule has 1 saturated heterocycles. The molecule has 1 fully saturated rings. The Labute approximate surface area is 98.8 Å². The first-order chi connectivity index (χ1) is 8.09. The summed E-state index contributed by atoms with van der Waals surface area (Å²) in [5.74, 6) is -0.718. The van der Waals surface area contributed by atoms with Gasteiger partial charge in [0, 0.05) is 12.1 Å². The van der Waals surface area contributed by atoms with E-state index in [0.717, 1.165) is 5.56 Å². The van der Waals surface area contributed by atoms with Gasteiger partial charge in [-0.1, -0.05) is 18.2 Å². The molecule has 0 unspecified atom stereocenters. The number of nitrogens with zero attached hydrogens (tertiary/aromatic N) is 1. The van der Waals surface area contributed by atoms with Crippen molar-refractivity contribution >= 4 is 11.8 Å². The van der Waals surface area contributed by atoms with E-state index < -0.39 is 10.7 Å². The number of rotatable bonds is 3. The summed E-state index contributed by atoms with van der Waals surface area (Å²) < 4.78 is 10.8. The maximum Gasteiger partial charge on any atom is 0.270 e. The van der Waals surface area contributed by atoms with Crippen molar-refractivity contribution in [1.29, 1.82) is 0 Å². The zero-order chi connectivity index (χ0) is 12.3. The molecule has 0 aromatic heterocycles. The number of hydrogen-bond donors (Lipinski definition) is 0. The van der Waals surface area contributed by atoms with Gasteiger partial charge in [-0.2, -0.15) is 0 Å². The number of benzene rings is 1. The Morgan fingerprint density at radius 1 is 1.41 bits per heavy atom. The summed E-state index contributed by atoms with van der Waals surface area (Å²) in [6, 6.07) is 6.41. The second kappa shape index (κ2) is 4.65. The Hall–Kier alpha value is -1.72. The molecule has 1 aliphatic heterocycles. The van der Waals surface area contributed by atoms with Gasteiger partial charge in [0.25, 0.3) is 5.69 Å². The van der Waals surface area contributed by atoms with E-state index in [4.69, 9.17) is 9.47 Å². The number of non-ortho nitro benzene ring substituents is 1. The molecule has 0 amide bonds. The topological polar surface area (TPSA) is 61.6 Å². The molecule has 1 aromatic rings. The molecule has 1 heterocycles. The molecule has 17 heavy (non-hydrogen) atoms. The van der Waals surface area contributed by atoms with Crippen LogP contribution in [-0.2, 0) is 9.47 Å². The van der Waals surface area contributed by atoms with Crippen molar-refractivity contribution in [3.63, 3.8) is 0 Å². The highest BCUT2D eigenvalue weighted by Crippen LogP contribution is 2.22. The summed E-state index contributed by atoms with van der Waals surface area (Å²) in [5, 5.41) is 10.6. The minimum Gasteiger partial charge on any atom is -0.344 e. The van der Waals surface area contributed by atoms with Crippen LogP contribution in [0.25, 0.3) is 6.08 Å². The van der Waals surface area contributed by atoms with Gasteiger partial charge in [-0.05, 0) is 18.6 Å². The summed E-state index contributed by atoms with van der Waals surface area (Å²) in [5.41, 5.74) is 0.824.